The molecule has 0 fully saturated rings. The summed E-state index contributed by atoms with van der Waals surface area (Å²) < 4.78 is 15.4. The molecule has 7 heteroatoms. The van der Waals surface area contributed by atoms with Crippen LogP contribution in [0.1, 0.15) is 5.56 Å². The number of thioether (sulfide) groups is 1. The molecule has 0 unspecified atom stereocenters. The fourth-order valence-electron chi connectivity index (χ4n) is 2.67. The molecule has 0 aliphatic heterocycles. The van der Waals surface area contributed by atoms with Gasteiger partial charge in [0.1, 0.15) is 5.82 Å². The quantitative estimate of drug-likeness (QED) is 0.423. The van der Waals surface area contributed by atoms with Crippen LogP contribution in [0.15, 0.2) is 78.2 Å². The maximum Gasteiger partial charge on any atom is 0.196 e. The number of nitrogens with zero attached hydrogens (tertiary/aromatic N) is 4. The van der Waals surface area contributed by atoms with Gasteiger partial charge in [0.25, 0.3) is 0 Å². The minimum Gasteiger partial charge on any atom is -0.270 e. The van der Waals surface area contributed by atoms with Crippen LogP contribution in [0.5, 0.6) is 0 Å². The van der Waals surface area contributed by atoms with Gasteiger partial charge in [-0.2, -0.15) is 0 Å². The van der Waals surface area contributed by atoms with E-state index >= 15 is 0 Å². The standard InChI is InChI=1S/C20H14ClFN4S/c21-16-6-2-8-18(11-16)26-19(15-5-3-9-23-12-15)24-25-20(26)27-13-14-4-1-7-17(22)10-14/h1-12H,13H2. The molecule has 0 aliphatic carbocycles. The highest BCUT2D eigenvalue weighted by Crippen LogP contribution is 2.30. The number of hydrogen-bond acceptors (Lipinski definition) is 4. The van der Waals surface area contributed by atoms with E-state index in [0.717, 1.165) is 16.8 Å². The van der Waals surface area contributed by atoms with E-state index < -0.39 is 0 Å². The Hall–Kier alpha value is -2.70. The summed E-state index contributed by atoms with van der Waals surface area (Å²) >= 11 is 7.67. The lowest BCUT2D eigenvalue weighted by molar-refractivity contribution is 0.626. The van der Waals surface area contributed by atoms with Crippen molar-refractivity contribution in [3.05, 3.63) is 89.5 Å². The number of benzene rings is 2. The van der Waals surface area contributed by atoms with E-state index in [-0.39, 0.29) is 5.82 Å². The van der Waals surface area contributed by atoms with Crippen LogP contribution in [-0.2, 0) is 5.75 Å². The van der Waals surface area contributed by atoms with E-state index in [1.807, 2.05) is 47.0 Å². The largest absolute Gasteiger partial charge is 0.270 e. The Morgan fingerprint density at radius 3 is 2.67 bits per heavy atom. The Morgan fingerprint density at radius 1 is 1.00 bits per heavy atom. The maximum absolute atomic E-state index is 13.4. The van der Waals surface area contributed by atoms with Crippen molar-refractivity contribution in [2.45, 2.75) is 10.9 Å². The summed E-state index contributed by atoms with van der Waals surface area (Å²) in [4.78, 5) is 4.17. The Morgan fingerprint density at radius 2 is 1.89 bits per heavy atom. The summed E-state index contributed by atoms with van der Waals surface area (Å²) in [7, 11) is 0. The lowest BCUT2D eigenvalue weighted by Crippen LogP contribution is -2.00. The molecule has 4 nitrogen and oxygen atoms in total. The van der Waals surface area contributed by atoms with E-state index in [9.17, 15) is 4.39 Å². The minimum absolute atomic E-state index is 0.250. The summed E-state index contributed by atoms with van der Waals surface area (Å²) in [5.41, 5.74) is 2.58. The third kappa shape index (κ3) is 4.02. The number of aromatic nitrogens is 4. The maximum atomic E-state index is 13.4. The molecule has 4 rings (SSSR count). The number of halogens is 2. The van der Waals surface area contributed by atoms with Gasteiger partial charge in [-0.25, -0.2) is 4.39 Å². The van der Waals surface area contributed by atoms with Gasteiger partial charge in [-0.05, 0) is 48.0 Å². The minimum atomic E-state index is -0.250. The predicted molar refractivity (Wildman–Crippen MR) is 106 cm³/mol. The fraction of sp³-hybridized carbons (Fsp3) is 0.0500. The molecule has 0 saturated heterocycles. The van der Waals surface area contributed by atoms with Crippen LogP contribution in [0.3, 0.4) is 0 Å². The highest BCUT2D eigenvalue weighted by molar-refractivity contribution is 7.98. The van der Waals surface area contributed by atoms with Crippen molar-refractivity contribution in [2.75, 3.05) is 0 Å². The van der Waals surface area contributed by atoms with Crippen LogP contribution in [0, 0.1) is 5.82 Å². The zero-order chi connectivity index (χ0) is 18.6. The molecule has 0 spiro atoms. The molecule has 0 radical (unpaired) electrons. The van der Waals surface area contributed by atoms with Gasteiger partial charge in [-0.15, -0.1) is 10.2 Å². The molecule has 134 valence electrons. The first-order chi connectivity index (χ1) is 13.2. The summed E-state index contributed by atoms with van der Waals surface area (Å²) in [6, 6.07) is 17.8. The third-order valence-electron chi connectivity index (χ3n) is 3.88. The van der Waals surface area contributed by atoms with Gasteiger partial charge < -0.3 is 0 Å². The fourth-order valence-corrected chi connectivity index (χ4v) is 3.75. The van der Waals surface area contributed by atoms with Crippen LogP contribution in [-0.4, -0.2) is 19.7 Å². The highest BCUT2D eigenvalue weighted by Gasteiger charge is 2.16. The molecule has 0 bridgehead atoms. The molecule has 2 heterocycles. The van der Waals surface area contributed by atoms with Crippen LogP contribution in [0.25, 0.3) is 17.1 Å². The van der Waals surface area contributed by atoms with Crippen molar-refractivity contribution >= 4 is 23.4 Å². The summed E-state index contributed by atoms with van der Waals surface area (Å²) in [6.45, 7) is 0. The van der Waals surface area contributed by atoms with Gasteiger partial charge in [0, 0.05) is 28.7 Å². The lowest BCUT2D eigenvalue weighted by Gasteiger charge is -2.10. The molecular weight excluding hydrogens is 383 g/mol. The Balaban J connectivity index is 1.74. The average molecular weight is 397 g/mol. The second-order valence-corrected chi connectivity index (χ2v) is 7.16. The van der Waals surface area contributed by atoms with Crippen molar-refractivity contribution in [1.82, 2.24) is 19.7 Å². The first-order valence-electron chi connectivity index (χ1n) is 8.20. The highest BCUT2D eigenvalue weighted by atomic mass is 35.5. The van der Waals surface area contributed by atoms with Crippen molar-refractivity contribution < 1.29 is 4.39 Å². The first-order valence-corrected chi connectivity index (χ1v) is 9.56. The van der Waals surface area contributed by atoms with Crippen LogP contribution >= 0.6 is 23.4 Å². The van der Waals surface area contributed by atoms with Gasteiger partial charge in [-0.3, -0.25) is 9.55 Å². The molecule has 2 aromatic heterocycles. The first kappa shape index (κ1) is 17.7. The Labute approximate surface area is 165 Å². The lowest BCUT2D eigenvalue weighted by atomic mass is 10.2. The number of rotatable bonds is 5. The molecule has 0 amide bonds. The van der Waals surface area contributed by atoms with Crippen molar-refractivity contribution in [1.29, 1.82) is 0 Å². The second kappa shape index (κ2) is 7.90. The molecular formula is C20H14ClFN4S. The van der Waals surface area contributed by atoms with Crippen LogP contribution in [0.2, 0.25) is 5.02 Å². The van der Waals surface area contributed by atoms with E-state index in [4.69, 9.17) is 11.6 Å². The topological polar surface area (TPSA) is 43.6 Å². The van der Waals surface area contributed by atoms with E-state index in [0.29, 0.717) is 21.8 Å². The molecule has 0 atom stereocenters. The molecule has 0 aliphatic rings. The van der Waals surface area contributed by atoms with Crippen molar-refractivity contribution in [2.24, 2.45) is 0 Å². The van der Waals surface area contributed by atoms with Crippen molar-refractivity contribution in [3.8, 4) is 17.1 Å². The summed E-state index contributed by atoms with van der Waals surface area (Å²) in [5, 5.41) is 10.0. The summed E-state index contributed by atoms with van der Waals surface area (Å²) in [6.07, 6.45) is 3.45. The Kier molecular flexibility index (Phi) is 5.18. The zero-order valence-electron chi connectivity index (χ0n) is 14.1. The predicted octanol–water partition coefficient (Wildman–Crippen LogP) is 5.41. The smallest absolute Gasteiger partial charge is 0.196 e. The molecule has 4 aromatic rings. The van der Waals surface area contributed by atoms with Gasteiger partial charge in [-0.1, -0.05) is 41.6 Å². The normalized spacial score (nSPS) is 10.9. The van der Waals surface area contributed by atoms with E-state index in [1.165, 1.54) is 23.9 Å². The van der Waals surface area contributed by atoms with Gasteiger partial charge >= 0.3 is 0 Å². The molecule has 2 aromatic carbocycles. The monoisotopic (exact) mass is 396 g/mol. The number of hydrogen-bond donors (Lipinski definition) is 0. The Bertz CT molecular complexity index is 1070. The summed E-state index contributed by atoms with van der Waals surface area (Å²) in [5.74, 6) is 0.997. The molecule has 0 N–H and O–H groups in total. The molecule has 0 saturated carbocycles. The average Bonchev–Trinajstić information content (AvgIpc) is 3.11. The zero-order valence-corrected chi connectivity index (χ0v) is 15.7. The van der Waals surface area contributed by atoms with Gasteiger partial charge in [0.15, 0.2) is 11.0 Å². The van der Waals surface area contributed by atoms with Gasteiger partial charge in [0.2, 0.25) is 0 Å². The van der Waals surface area contributed by atoms with E-state index in [1.54, 1.807) is 18.5 Å². The van der Waals surface area contributed by atoms with E-state index in [2.05, 4.69) is 15.2 Å². The second-order valence-electron chi connectivity index (χ2n) is 5.78. The third-order valence-corrected chi connectivity index (χ3v) is 5.11. The van der Waals surface area contributed by atoms with Gasteiger partial charge in [0.05, 0.1) is 5.69 Å². The number of pyridine rings is 1. The SMILES string of the molecule is Fc1cccc(CSc2nnc(-c3cccnc3)n2-c2cccc(Cl)c2)c1. The van der Waals surface area contributed by atoms with Crippen molar-refractivity contribution in [3.63, 3.8) is 0 Å². The molecule has 27 heavy (non-hydrogen) atoms. The van der Waals surface area contributed by atoms with Crippen LogP contribution in [0.4, 0.5) is 4.39 Å². The van der Waals surface area contributed by atoms with Crippen LogP contribution < -0.4 is 0 Å².